The number of fused-ring (bicyclic) bond motifs is 3. The third kappa shape index (κ3) is 2.74. The number of aliphatic hydroxyl groups excluding tert-OH is 4. The van der Waals surface area contributed by atoms with Crippen LogP contribution in [-0.4, -0.2) is 62.8 Å². The highest BCUT2D eigenvalue weighted by atomic mass is 16.7. The van der Waals surface area contributed by atoms with Crippen molar-refractivity contribution in [1.82, 2.24) is 0 Å². The van der Waals surface area contributed by atoms with E-state index in [0.29, 0.717) is 5.39 Å². The van der Waals surface area contributed by atoms with Crippen molar-refractivity contribution in [3.63, 3.8) is 0 Å². The van der Waals surface area contributed by atoms with Crippen molar-refractivity contribution in [2.45, 2.75) is 30.7 Å². The van der Waals surface area contributed by atoms with Crippen LogP contribution in [0.3, 0.4) is 0 Å². The molecule has 2 aromatic heterocycles. The van der Waals surface area contributed by atoms with E-state index in [-0.39, 0.29) is 22.3 Å². The molecule has 10 heteroatoms. The number of hydrogen-bond acceptors (Lipinski definition) is 10. The maximum absolute atomic E-state index is 11.5. The Morgan fingerprint density at radius 2 is 1.78 bits per heavy atom. The van der Waals surface area contributed by atoms with E-state index in [1.165, 1.54) is 18.4 Å². The van der Waals surface area contributed by atoms with E-state index in [4.69, 9.17) is 18.3 Å². The third-order valence-corrected chi connectivity index (χ3v) is 4.50. The molecule has 3 aromatic rings. The van der Waals surface area contributed by atoms with Crippen LogP contribution < -0.4 is 10.4 Å². The van der Waals surface area contributed by atoms with E-state index < -0.39 is 48.7 Å². The van der Waals surface area contributed by atoms with Gasteiger partial charge in [-0.15, -0.1) is 0 Å². The summed E-state index contributed by atoms with van der Waals surface area (Å²) in [5, 5.41) is 50.2. The molecule has 10 nitrogen and oxygen atoms in total. The Hall–Kier alpha value is -2.63. The van der Waals surface area contributed by atoms with Gasteiger partial charge in [-0.05, 0) is 12.1 Å². The van der Waals surface area contributed by atoms with Gasteiger partial charge >= 0.3 is 5.63 Å². The number of benzene rings is 1. The van der Waals surface area contributed by atoms with Crippen LogP contribution in [0.2, 0.25) is 0 Å². The highest BCUT2D eigenvalue weighted by Gasteiger charge is 2.45. The quantitative estimate of drug-likeness (QED) is 0.372. The number of furan rings is 1. The van der Waals surface area contributed by atoms with Crippen molar-refractivity contribution in [2.24, 2.45) is 0 Å². The Morgan fingerprint density at radius 3 is 2.52 bits per heavy atom. The molecular formula is C17H16O10. The molecule has 0 spiro atoms. The van der Waals surface area contributed by atoms with Crippen molar-refractivity contribution in [3.05, 3.63) is 34.9 Å². The second-order valence-corrected chi connectivity index (χ2v) is 6.15. The first kappa shape index (κ1) is 17.8. The zero-order valence-corrected chi connectivity index (χ0v) is 13.7. The average molecular weight is 380 g/mol. The summed E-state index contributed by atoms with van der Waals surface area (Å²) in [5.74, 6) is -0.658. The van der Waals surface area contributed by atoms with Gasteiger partial charge in [0, 0.05) is 6.07 Å². The van der Waals surface area contributed by atoms with E-state index in [2.05, 4.69) is 0 Å². The number of rotatable bonds is 3. The predicted molar refractivity (Wildman–Crippen MR) is 88.3 cm³/mol. The highest BCUT2D eigenvalue weighted by molar-refractivity contribution is 6.08. The molecule has 0 bridgehead atoms. The summed E-state index contributed by atoms with van der Waals surface area (Å²) in [4.78, 5) is 11.5. The van der Waals surface area contributed by atoms with Crippen LogP contribution in [0.25, 0.3) is 21.9 Å². The van der Waals surface area contributed by atoms with E-state index in [1.807, 2.05) is 0 Å². The maximum atomic E-state index is 11.5. The van der Waals surface area contributed by atoms with Crippen LogP contribution in [0.5, 0.6) is 11.5 Å². The Balaban J connectivity index is 1.81. The van der Waals surface area contributed by atoms with Gasteiger partial charge in [-0.1, -0.05) is 0 Å². The SMILES string of the molecule is O=c1ccc2c(O)c(O[C@H]3O[C@@H](CO)[C@H](O)[C@@H](O)[C@@H]3O)c3occc3c2o1. The second-order valence-electron chi connectivity index (χ2n) is 6.15. The van der Waals surface area contributed by atoms with Gasteiger partial charge in [-0.25, -0.2) is 4.79 Å². The lowest BCUT2D eigenvalue weighted by Crippen LogP contribution is -2.60. The van der Waals surface area contributed by atoms with Crippen LogP contribution in [0.15, 0.2) is 38.1 Å². The fourth-order valence-corrected chi connectivity index (χ4v) is 3.09. The maximum Gasteiger partial charge on any atom is 0.336 e. The molecule has 1 fully saturated rings. The summed E-state index contributed by atoms with van der Waals surface area (Å²) in [6.45, 7) is -0.629. The lowest BCUT2D eigenvalue weighted by atomic mass is 9.99. The number of aliphatic hydroxyl groups is 4. The Kier molecular flexibility index (Phi) is 4.29. The van der Waals surface area contributed by atoms with Gasteiger partial charge in [0.15, 0.2) is 16.9 Å². The predicted octanol–water partition coefficient (Wildman–Crippen LogP) is -0.577. The van der Waals surface area contributed by atoms with Crippen molar-refractivity contribution in [3.8, 4) is 11.5 Å². The summed E-state index contributed by atoms with van der Waals surface area (Å²) < 4.78 is 21.3. The van der Waals surface area contributed by atoms with Crippen LogP contribution in [0.4, 0.5) is 0 Å². The van der Waals surface area contributed by atoms with Crippen LogP contribution >= 0.6 is 0 Å². The lowest BCUT2D eigenvalue weighted by Gasteiger charge is -2.39. The molecule has 4 rings (SSSR count). The summed E-state index contributed by atoms with van der Waals surface area (Å²) >= 11 is 0. The van der Waals surface area contributed by atoms with Crippen LogP contribution in [0.1, 0.15) is 0 Å². The number of phenolic OH excluding ortho intramolecular Hbond substituents is 1. The monoisotopic (exact) mass is 380 g/mol. The number of ether oxygens (including phenoxy) is 2. The largest absolute Gasteiger partial charge is 0.504 e. The molecule has 3 heterocycles. The molecule has 1 saturated heterocycles. The molecule has 1 aliphatic heterocycles. The van der Waals surface area contributed by atoms with Gasteiger partial charge in [0.25, 0.3) is 0 Å². The van der Waals surface area contributed by atoms with Gasteiger partial charge in [-0.3, -0.25) is 0 Å². The van der Waals surface area contributed by atoms with Gasteiger partial charge in [0.2, 0.25) is 12.0 Å². The van der Waals surface area contributed by atoms with Crippen LogP contribution in [0, 0.1) is 0 Å². The number of hydrogen-bond donors (Lipinski definition) is 5. The topological polar surface area (TPSA) is 163 Å². The fourth-order valence-electron chi connectivity index (χ4n) is 3.09. The van der Waals surface area contributed by atoms with Crippen molar-refractivity contribution in [1.29, 1.82) is 0 Å². The summed E-state index contributed by atoms with van der Waals surface area (Å²) in [5.41, 5.74) is -0.511. The third-order valence-electron chi connectivity index (χ3n) is 4.50. The minimum atomic E-state index is -1.67. The Morgan fingerprint density at radius 1 is 1.00 bits per heavy atom. The van der Waals surface area contributed by atoms with E-state index in [1.54, 1.807) is 0 Å². The van der Waals surface area contributed by atoms with Crippen molar-refractivity contribution < 1.29 is 43.8 Å². The fraction of sp³-hybridized carbons (Fsp3) is 0.353. The lowest BCUT2D eigenvalue weighted by molar-refractivity contribution is -0.277. The van der Waals surface area contributed by atoms with Gasteiger partial charge in [-0.2, -0.15) is 0 Å². The average Bonchev–Trinajstić information content (AvgIpc) is 3.14. The molecule has 27 heavy (non-hydrogen) atoms. The molecular weight excluding hydrogens is 364 g/mol. The molecule has 0 aliphatic carbocycles. The standard InChI is InChI=1S/C17H16O10/c18-5-8-11(21)12(22)13(23)17(25-8)27-16-10(20)6-1-2-9(19)26-14(6)7-3-4-24-15(7)16/h1-4,8,11-13,17-18,20-23H,5H2/t8-,11-,12+,13-,17+/m0/s1. The molecule has 1 aromatic carbocycles. The zero-order valence-electron chi connectivity index (χ0n) is 13.7. The van der Waals surface area contributed by atoms with Gasteiger partial charge in [0.1, 0.15) is 24.4 Å². The van der Waals surface area contributed by atoms with E-state index in [0.717, 1.165) is 6.07 Å². The number of aromatic hydroxyl groups is 1. The summed E-state index contributed by atoms with van der Waals surface area (Å²) in [6, 6.07) is 3.95. The molecule has 1 aliphatic rings. The molecule has 0 unspecified atom stereocenters. The van der Waals surface area contributed by atoms with E-state index in [9.17, 15) is 30.3 Å². The normalized spacial score (nSPS) is 28.7. The van der Waals surface area contributed by atoms with Crippen molar-refractivity contribution in [2.75, 3.05) is 6.61 Å². The molecule has 0 saturated carbocycles. The van der Waals surface area contributed by atoms with Crippen molar-refractivity contribution >= 4 is 21.9 Å². The van der Waals surface area contributed by atoms with Gasteiger partial charge < -0.3 is 43.8 Å². The minimum Gasteiger partial charge on any atom is -0.504 e. The second kappa shape index (κ2) is 6.51. The first-order valence-corrected chi connectivity index (χ1v) is 8.05. The highest BCUT2D eigenvalue weighted by Crippen LogP contribution is 2.44. The molecule has 0 radical (unpaired) electrons. The smallest absolute Gasteiger partial charge is 0.336 e. The molecule has 144 valence electrons. The first-order valence-electron chi connectivity index (χ1n) is 8.05. The summed E-state index contributed by atoms with van der Waals surface area (Å²) in [7, 11) is 0. The van der Waals surface area contributed by atoms with Gasteiger partial charge in [0.05, 0.1) is 23.6 Å². The molecule has 5 N–H and O–H groups in total. The first-order chi connectivity index (χ1) is 12.9. The van der Waals surface area contributed by atoms with E-state index >= 15 is 0 Å². The zero-order chi connectivity index (χ0) is 19.3. The molecule has 0 amide bonds. The summed E-state index contributed by atoms with van der Waals surface area (Å²) in [6.07, 6.45) is -6.27. The molecule has 5 atom stereocenters. The number of phenols is 1. The Labute approximate surface area is 150 Å². The van der Waals surface area contributed by atoms with Crippen LogP contribution in [-0.2, 0) is 4.74 Å². The minimum absolute atomic E-state index is 0.0197. The Bertz CT molecular complexity index is 1040.